The van der Waals surface area contributed by atoms with Crippen LogP contribution in [0.15, 0.2) is 0 Å². The lowest BCUT2D eigenvalue weighted by atomic mass is 9.44. The number of carbonyl (C=O) groups is 1. The van der Waals surface area contributed by atoms with Gasteiger partial charge in [0.15, 0.2) is 0 Å². The van der Waals surface area contributed by atoms with Crippen molar-refractivity contribution in [3.8, 4) is 0 Å². The minimum atomic E-state index is -0.250. The fourth-order valence-electron chi connectivity index (χ4n) is 10.1. The second kappa shape index (κ2) is 9.05. The number of esters is 1. The van der Waals surface area contributed by atoms with Gasteiger partial charge in [0.1, 0.15) is 5.60 Å². The van der Waals surface area contributed by atoms with Crippen LogP contribution in [0.1, 0.15) is 104 Å². The van der Waals surface area contributed by atoms with E-state index < -0.39 is 0 Å². The van der Waals surface area contributed by atoms with Crippen molar-refractivity contribution in [2.75, 3.05) is 40.3 Å². The number of ether oxygens (including phenoxy) is 1. The molecule has 0 aromatic rings. The number of carbonyl (C=O) groups excluding carboxylic acids is 1. The van der Waals surface area contributed by atoms with Crippen LogP contribution in [-0.4, -0.2) is 66.8 Å². The molecule has 0 bridgehead atoms. The van der Waals surface area contributed by atoms with Gasteiger partial charge in [0.2, 0.25) is 0 Å². The van der Waals surface area contributed by atoms with Gasteiger partial charge in [-0.3, -0.25) is 9.69 Å². The Morgan fingerprint density at radius 2 is 1.65 bits per heavy atom. The van der Waals surface area contributed by atoms with Gasteiger partial charge in [0.25, 0.3) is 0 Å². The Balaban J connectivity index is 1.36. The van der Waals surface area contributed by atoms with E-state index in [9.17, 15) is 4.79 Å². The number of likely N-dealkylation sites (tertiary alicyclic amines) is 2. The Hall–Kier alpha value is -0.610. The third-order valence-electron chi connectivity index (χ3n) is 12.3. The van der Waals surface area contributed by atoms with Crippen LogP contribution in [0.25, 0.3) is 0 Å². The maximum Gasteiger partial charge on any atom is 0.303 e. The van der Waals surface area contributed by atoms with Gasteiger partial charge >= 0.3 is 5.97 Å². The van der Waals surface area contributed by atoms with Crippen LogP contribution in [0.4, 0.5) is 0 Å². The van der Waals surface area contributed by atoms with Crippen LogP contribution < -0.4 is 0 Å². The molecule has 0 amide bonds. The minimum absolute atomic E-state index is 0.0669. The Morgan fingerprint density at radius 1 is 0.912 bits per heavy atom. The SMILES string of the molecule is CC(=O)O[C@]1(CN2CCCCCC2)CC[C@@]2(C)[C@@H](CC[C@@H]3[C@@H]2CC[C@@]2(C)[C@H]3CCC[N+]2(C)C)C1. The minimum Gasteiger partial charge on any atom is -0.458 e. The van der Waals surface area contributed by atoms with E-state index >= 15 is 0 Å². The molecule has 0 radical (unpaired) electrons. The zero-order valence-corrected chi connectivity index (χ0v) is 23.0. The quantitative estimate of drug-likeness (QED) is 0.370. The third kappa shape index (κ3) is 4.17. The molecule has 0 N–H and O–H groups in total. The zero-order chi connectivity index (χ0) is 24.2. The van der Waals surface area contributed by atoms with Crippen LogP contribution in [0, 0.1) is 29.1 Å². The molecule has 0 aromatic carbocycles. The van der Waals surface area contributed by atoms with Crippen LogP contribution in [0.5, 0.6) is 0 Å². The summed E-state index contributed by atoms with van der Waals surface area (Å²) in [6.07, 6.45) is 17.2. The van der Waals surface area contributed by atoms with Gasteiger partial charge in [-0.15, -0.1) is 0 Å². The monoisotopic (exact) mass is 473 g/mol. The molecule has 2 saturated heterocycles. The van der Waals surface area contributed by atoms with Crippen molar-refractivity contribution >= 4 is 5.97 Å². The molecule has 4 heteroatoms. The van der Waals surface area contributed by atoms with Crippen LogP contribution in [0.2, 0.25) is 0 Å². The summed E-state index contributed by atoms with van der Waals surface area (Å²) in [6, 6.07) is 0. The first-order valence-electron chi connectivity index (χ1n) is 14.8. The number of piperidine rings is 1. The molecule has 5 fully saturated rings. The predicted octanol–water partition coefficient (Wildman–Crippen LogP) is 6.04. The maximum atomic E-state index is 12.3. The van der Waals surface area contributed by atoms with Gasteiger partial charge in [-0.25, -0.2) is 0 Å². The second-order valence-corrected chi connectivity index (χ2v) is 14.3. The normalized spacial score (nSPS) is 47.0. The Bertz CT molecular complexity index is 759. The molecule has 5 aliphatic rings. The lowest BCUT2D eigenvalue weighted by molar-refractivity contribution is -0.952. The average Bonchev–Trinajstić information content (AvgIpc) is 3.03. The van der Waals surface area contributed by atoms with E-state index in [0.717, 1.165) is 37.1 Å². The van der Waals surface area contributed by atoms with Gasteiger partial charge in [0.05, 0.1) is 26.2 Å². The summed E-state index contributed by atoms with van der Waals surface area (Å²) < 4.78 is 7.53. The summed E-state index contributed by atoms with van der Waals surface area (Å²) in [5, 5.41) is 0. The number of hydrogen-bond donors (Lipinski definition) is 0. The number of quaternary nitrogens is 1. The lowest BCUT2D eigenvalue weighted by Crippen LogP contribution is -2.69. The summed E-state index contributed by atoms with van der Waals surface area (Å²) in [5.41, 5.74) is 0.646. The highest BCUT2D eigenvalue weighted by molar-refractivity contribution is 5.66. The average molecular weight is 474 g/mol. The first kappa shape index (κ1) is 25.1. The molecular formula is C30H53N2O2+. The molecule has 34 heavy (non-hydrogen) atoms. The molecular weight excluding hydrogens is 420 g/mol. The van der Waals surface area contributed by atoms with E-state index in [2.05, 4.69) is 32.8 Å². The van der Waals surface area contributed by atoms with Crippen molar-refractivity contribution in [3.63, 3.8) is 0 Å². The fraction of sp³-hybridized carbons (Fsp3) is 0.967. The fourth-order valence-corrected chi connectivity index (χ4v) is 10.1. The van der Waals surface area contributed by atoms with E-state index in [1.165, 1.54) is 94.7 Å². The number of nitrogens with zero attached hydrogens (tertiary/aromatic N) is 2. The highest BCUT2D eigenvalue weighted by Gasteiger charge is 2.63. The Morgan fingerprint density at radius 3 is 2.35 bits per heavy atom. The first-order chi connectivity index (χ1) is 16.1. The van der Waals surface area contributed by atoms with E-state index in [4.69, 9.17) is 4.74 Å². The molecule has 0 aromatic heterocycles. The predicted molar refractivity (Wildman–Crippen MR) is 138 cm³/mol. The largest absolute Gasteiger partial charge is 0.458 e. The first-order valence-corrected chi connectivity index (χ1v) is 14.8. The molecule has 2 heterocycles. The molecule has 5 rings (SSSR count). The number of rotatable bonds is 3. The van der Waals surface area contributed by atoms with Crippen molar-refractivity contribution < 1.29 is 14.0 Å². The van der Waals surface area contributed by atoms with Crippen molar-refractivity contribution in [3.05, 3.63) is 0 Å². The van der Waals surface area contributed by atoms with Crippen molar-refractivity contribution in [1.82, 2.24) is 4.90 Å². The van der Waals surface area contributed by atoms with Crippen molar-refractivity contribution in [1.29, 1.82) is 0 Å². The smallest absolute Gasteiger partial charge is 0.303 e. The Kier molecular flexibility index (Phi) is 6.67. The molecule has 194 valence electrons. The van der Waals surface area contributed by atoms with Gasteiger partial charge in [-0.2, -0.15) is 0 Å². The Labute approximate surface area is 209 Å². The molecule has 3 saturated carbocycles. The molecule has 7 atom stereocenters. The highest BCUT2D eigenvalue weighted by Crippen LogP contribution is 2.65. The van der Waals surface area contributed by atoms with Gasteiger partial charge in [-0.1, -0.05) is 19.8 Å². The van der Waals surface area contributed by atoms with E-state index in [-0.39, 0.29) is 11.6 Å². The summed E-state index contributed by atoms with van der Waals surface area (Å²) in [5.74, 6) is 3.32. The maximum absolute atomic E-state index is 12.3. The van der Waals surface area contributed by atoms with Crippen molar-refractivity contribution in [2.45, 2.75) is 115 Å². The van der Waals surface area contributed by atoms with Crippen LogP contribution >= 0.6 is 0 Å². The summed E-state index contributed by atoms with van der Waals surface area (Å²) in [7, 11) is 5.02. The van der Waals surface area contributed by atoms with Crippen LogP contribution in [0.3, 0.4) is 0 Å². The molecule has 2 aliphatic heterocycles. The summed E-state index contributed by atoms with van der Waals surface area (Å²) >= 11 is 0. The molecule has 0 unspecified atom stereocenters. The van der Waals surface area contributed by atoms with Gasteiger partial charge in [0, 0.05) is 25.8 Å². The van der Waals surface area contributed by atoms with Gasteiger partial charge < -0.3 is 9.22 Å². The third-order valence-corrected chi connectivity index (χ3v) is 12.3. The zero-order valence-electron chi connectivity index (χ0n) is 23.0. The lowest BCUT2D eigenvalue weighted by Gasteiger charge is -2.66. The molecule has 3 aliphatic carbocycles. The van der Waals surface area contributed by atoms with E-state index in [1.54, 1.807) is 6.92 Å². The standard InChI is InChI=1S/C30H53N2O2/c1-23(33)34-30(22-31-18-8-6-7-9-19-31)17-16-28(2)24(21-30)12-13-25-26(28)14-15-29(3)27(25)11-10-20-32(29,4)5/h24-27H,6-22H2,1-5H3/q+1/t24-,25+,26-,27-,28-,29-,30+/m0/s1. The molecule has 4 nitrogen and oxygen atoms in total. The number of fused-ring (bicyclic) bond motifs is 5. The van der Waals surface area contributed by atoms with Crippen LogP contribution in [-0.2, 0) is 9.53 Å². The summed E-state index contributed by atoms with van der Waals surface area (Å²) in [4.78, 5) is 14.9. The second-order valence-electron chi connectivity index (χ2n) is 14.3. The molecule has 0 spiro atoms. The summed E-state index contributed by atoms with van der Waals surface area (Å²) in [6.45, 7) is 11.6. The number of hydrogen-bond acceptors (Lipinski definition) is 3. The van der Waals surface area contributed by atoms with E-state index in [0.29, 0.717) is 16.9 Å². The highest BCUT2D eigenvalue weighted by atomic mass is 16.6. The topological polar surface area (TPSA) is 29.5 Å². The van der Waals surface area contributed by atoms with Crippen molar-refractivity contribution in [2.24, 2.45) is 29.1 Å². The van der Waals surface area contributed by atoms with Gasteiger partial charge in [-0.05, 0) is 107 Å². The van der Waals surface area contributed by atoms with E-state index in [1.807, 2.05) is 0 Å².